The van der Waals surface area contributed by atoms with Crippen LogP contribution < -0.4 is 10.1 Å². The smallest absolute Gasteiger partial charge is 0.123 e. The first kappa shape index (κ1) is 14.5. The molecule has 0 radical (unpaired) electrons. The van der Waals surface area contributed by atoms with Gasteiger partial charge in [-0.15, -0.1) is 0 Å². The van der Waals surface area contributed by atoms with E-state index in [0.29, 0.717) is 0 Å². The first-order valence-corrected chi connectivity index (χ1v) is 6.42. The molecule has 0 aliphatic carbocycles. The highest BCUT2D eigenvalue weighted by Crippen LogP contribution is 2.23. The summed E-state index contributed by atoms with van der Waals surface area (Å²) in [6.07, 6.45) is 0. The SMILES string of the molecule is COc1ccc(Br)cc1CNCC(C)(C)CO. The molecule has 1 aromatic carbocycles. The Hall–Kier alpha value is -0.580. The quantitative estimate of drug-likeness (QED) is 0.848. The van der Waals surface area contributed by atoms with Gasteiger partial charge in [-0.2, -0.15) is 0 Å². The molecule has 0 aliphatic rings. The Morgan fingerprint density at radius 1 is 1.41 bits per heavy atom. The number of rotatable bonds is 6. The van der Waals surface area contributed by atoms with E-state index in [1.54, 1.807) is 7.11 Å². The van der Waals surface area contributed by atoms with Crippen LogP contribution >= 0.6 is 15.9 Å². The highest BCUT2D eigenvalue weighted by molar-refractivity contribution is 9.10. The van der Waals surface area contributed by atoms with E-state index < -0.39 is 0 Å². The van der Waals surface area contributed by atoms with Crippen LogP contribution in [0.1, 0.15) is 19.4 Å². The maximum Gasteiger partial charge on any atom is 0.123 e. The van der Waals surface area contributed by atoms with Gasteiger partial charge in [0, 0.05) is 35.1 Å². The molecule has 96 valence electrons. The van der Waals surface area contributed by atoms with Crippen molar-refractivity contribution in [1.29, 1.82) is 0 Å². The van der Waals surface area contributed by atoms with Crippen LogP contribution in [0, 0.1) is 5.41 Å². The second-order valence-electron chi connectivity index (χ2n) is 4.88. The number of ether oxygens (including phenoxy) is 1. The molecule has 1 aromatic rings. The summed E-state index contributed by atoms with van der Waals surface area (Å²) in [5.74, 6) is 0.877. The van der Waals surface area contributed by atoms with Gasteiger partial charge in [-0.25, -0.2) is 0 Å². The Kier molecular flexibility index (Phi) is 5.43. The van der Waals surface area contributed by atoms with E-state index in [1.807, 2.05) is 32.0 Å². The van der Waals surface area contributed by atoms with E-state index in [-0.39, 0.29) is 12.0 Å². The Balaban J connectivity index is 2.59. The van der Waals surface area contributed by atoms with E-state index in [4.69, 9.17) is 9.84 Å². The van der Waals surface area contributed by atoms with E-state index in [0.717, 1.165) is 28.9 Å². The summed E-state index contributed by atoms with van der Waals surface area (Å²) < 4.78 is 6.34. The van der Waals surface area contributed by atoms with Crippen molar-refractivity contribution in [3.8, 4) is 5.75 Å². The molecule has 0 saturated heterocycles. The highest BCUT2D eigenvalue weighted by Gasteiger charge is 2.15. The fourth-order valence-electron chi connectivity index (χ4n) is 1.48. The van der Waals surface area contributed by atoms with Crippen LogP contribution in [-0.4, -0.2) is 25.4 Å². The monoisotopic (exact) mass is 301 g/mol. The fourth-order valence-corrected chi connectivity index (χ4v) is 1.89. The van der Waals surface area contributed by atoms with Gasteiger partial charge in [-0.1, -0.05) is 29.8 Å². The van der Waals surface area contributed by atoms with Gasteiger partial charge in [-0.3, -0.25) is 0 Å². The van der Waals surface area contributed by atoms with E-state index in [1.165, 1.54) is 0 Å². The molecule has 0 atom stereocenters. The summed E-state index contributed by atoms with van der Waals surface area (Å²) in [6, 6.07) is 5.94. The second-order valence-corrected chi connectivity index (χ2v) is 5.80. The third-order valence-corrected chi connectivity index (χ3v) is 3.08. The van der Waals surface area contributed by atoms with E-state index in [9.17, 15) is 0 Å². The van der Waals surface area contributed by atoms with Crippen molar-refractivity contribution in [3.63, 3.8) is 0 Å². The number of aliphatic hydroxyl groups is 1. The van der Waals surface area contributed by atoms with Crippen molar-refractivity contribution < 1.29 is 9.84 Å². The molecule has 4 heteroatoms. The molecule has 0 saturated carbocycles. The van der Waals surface area contributed by atoms with Crippen LogP contribution in [0.2, 0.25) is 0 Å². The van der Waals surface area contributed by atoms with Gasteiger partial charge in [-0.05, 0) is 18.2 Å². The molecule has 3 nitrogen and oxygen atoms in total. The summed E-state index contributed by atoms with van der Waals surface area (Å²) in [4.78, 5) is 0. The summed E-state index contributed by atoms with van der Waals surface area (Å²) in [5.41, 5.74) is 1.01. The van der Waals surface area contributed by atoms with Gasteiger partial charge in [0.2, 0.25) is 0 Å². The second kappa shape index (κ2) is 6.38. The predicted octanol–water partition coefficient (Wildman–Crippen LogP) is 2.57. The lowest BCUT2D eigenvalue weighted by Crippen LogP contribution is -2.31. The van der Waals surface area contributed by atoms with Crippen LogP contribution in [0.25, 0.3) is 0 Å². The van der Waals surface area contributed by atoms with Gasteiger partial charge in [0.15, 0.2) is 0 Å². The maximum atomic E-state index is 9.16. The molecule has 0 aliphatic heterocycles. The largest absolute Gasteiger partial charge is 0.496 e. The molecule has 1 rings (SSSR count). The molecule has 0 bridgehead atoms. The highest BCUT2D eigenvalue weighted by atomic mass is 79.9. The molecular formula is C13H20BrNO2. The lowest BCUT2D eigenvalue weighted by atomic mass is 9.95. The van der Waals surface area contributed by atoms with Gasteiger partial charge in [0.25, 0.3) is 0 Å². The van der Waals surface area contributed by atoms with Crippen molar-refractivity contribution in [2.45, 2.75) is 20.4 Å². The van der Waals surface area contributed by atoms with Gasteiger partial charge >= 0.3 is 0 Å². The minimum absolute atomic E-state index is 0.0980. The topological polar surface area (TPSA) is 41.5 Å². The number of benzene rings is 1. The van der Waals surface area contributed by atoms with Crippen molar-refractivity contribution in [2.24, 2.45) is 5.41 Å². The third-order valence-electron chi connectivity index (χ3n) is 2.59. The molecule has 2 N–H and O–H groups in total. The normalized spacial score (nSPS) is 11.6. The zero-order valence-corrected chi connectivity index (χ0v) is 12.2. The molecule has 0 spiro atoms. The molecule has 0 amide bonds. The minimum atomic E-state index is -0.0980. The van der Waals surface area contributed by atoms with E-state index in [2.05, 4.69) is 21.2 Å². The lowest BCUT2D eigenvalue weighted by Gasteiger charge is -2.22. The first-order valence-electron chi connectivity index (χ1n) is 5.62. The summed E-state index contributed by atoms with van der Waals surface area (Å²) in [5, 5.41) is 12.5. The standard InChI is InChI=1S/C13H20BrNO2/c1-13(2,9-16)8-15-7-10-6-11(14)4-5-12(10)17-3/h4-6,15-16H,7-9H2,1-3H3. The third kappa shape index (κ3) is 4.66. The number of halogens is 1. The molecule has 0 fully saturated rings. The number of aliphatic hydroxyl groups excluding tert-OH is 1. The molecule has 17 heavy (non-hydrogen) atoms. The fraction of sp³-hybridized carbons (Fsp3) is 0.538. The van der Waals surface area contributed by atoms with Crippen molar-refractivity contribution in [2.75, 3.05) is 20.3 Å². The summed E-state index contributed by atoms with van der Waals surface area (Å²) in [7, 11) is 1.67. The van der Waals surface area contributed by atoms with E-state index >= 15 is 0 Å². The Morgan fingerprint density at radius 3 is 2.71 bits per heavy atom. The molecule has 0 unspecified atom stereocenters. The van der Waals surface area contributed by atoms with Crippen molar-refractivity contribution >= 4 is 15.9 Å². The zero-order chi connectivity index (χ0) is 12.9. The minimum Gasteiger partial charge on any atom is -0.496 e. The van der Waals surface area contributed by atoms with Crippen LogP contribution in [0.3, 0.4) is 0 Å². The molecule has 0 heterocycles. The summed E-state index contributed by atoms with van der Waals surface area (Å²) >= 11 is 3.45. The Labute approximate surface area is 111 Å². The number of nitrogens with one attached hydrogen (secondary N) is 1. The number of methoxy groups -OCH3 is 1. The predicted molar refractivity (Wildman–Crippen MR) is 73.3 cm³/mol. The van der Waals surface area contributed by atoms with Crippen LogP contribution in [0.5, 0.6) is 5.75 Å². The van der Waals surface area contributed by atoms with Crippen LogP contribution in [0.15, 0.2) is 22.7 Å². The average molecular weight is 302 g/mol. The Morgan fingerprint density at radius 2 is 2.12 bits per heavy atom. The van der Waals surface area contributed by atoms with Gasteiger partial charge < -0.3 is 15.2 Å². The average Bonchev–Trinajstić information content (AvgIpc) is 2.29. The molecular weight excluding hydrogens is 282 g/mol. The number of hydrogen-bond acceptors (Lipinski definition) is 3. The number of hydrogen-bond donors (Lipinski definition) is 2. The first-order chi connectivity index (χ1) is 7.98. The van der Waals surface area contributed by atoms with Crippen molar-refractivity contribution in [3.05, 3.63) is 28.2 Å². The van der Waals surface area contributed by atoms with Crippen LogP contribution in [-0.2, 0) is 6.54 Å². The van der Waals surface area contributed by atoms with Crippen molar-refractivity contribution in [1.82, 2.24) is 5.32 Å². The zero-order valence-electron chi connectivity index (χ0n) is 10.6. The summed E-state index contributed by atoms with van der Waals surface area (Å²) in [6.45, 7) is 5.72. The van der Waals surface area contributed by atoms with Crippen LogP contribution in [0.4, 0.5) is 0 Å². The van der Waals surface area contributed by atoms with Gasteiger partial charge in [0.1, 0.15) is 5.75 Å². The molecule has 0 aromatic heterocycles. The maximum absolute atomic E-state index is 9.16. The lowest BCUT2D eigenvalue weighted by molar-refractivity contribution is 0.156. The van der Waals surface area contributed by atoms with Gasteiger partial charge in [0.05, 0.1) is 7.11 Å². The Bertz CT molecular complexity index is 366.